The fourth-order valence-corrected chi connectivity index (χ4v) is 1.22. The summed E-state index contributed by atoms with van der Waals surface area (Å²) >= 11 is 0. The van der Waals surface area contributed by atoms with Crippen molar-refractivity contribution < 1.29 is 572 Å². The second kappa shape index (κ2) is 3360. The lowest BCUT2D eigenvalue weighted by Crippen LogP contribution is -1.95. The van der Waals surface area contributed by atoms with Crippen molar-refractivity contribution in [1.29, 1.82) is 0 Å². The van der Waals surface area contributed by atoms with Crippen LogP contribution in [-0.4, -0.2) is 590 Å². The van der Waals surface area contributed by atoms with Gasteiger partial charge in [-0.15, -0.1) is 0 Å². The van der Waals surface area contributed by atoms with Crippen LogP contribution in [0.4, 0.5) is 0 Å². The molecule has 0 saturated carbocycles. The van der Waals surface area contributed by atoms with Gasteiger partial charge in [-0.05, 0) is 41.5 Å². The van der Waals surface area contributed by atoms with Gasteiger partial charge >= 0.3 is 35.8 Å². The first-order chi connectivity index (χ1) is 16.6. The summed E-state index contributed by atoms with van der Waals surface area (Å²) in [4.78, 5) is 58.9. The summed E-state index contributed by atoms with van der Waals surface area (Å²) in [5, 5.41) is 0. The van der Waals surface area contributed by atoms with Crippen LogP contribution in [0.3, 0.4) is 0 Å². The zero-order chi connectivity index (χ0) is 29.9. The van der Waals surface area contributed by atoms with Gasteiger partial charge in [-0.2, -0.15) is 0 Å². The van der Waals surface area contributed by atoms with Gasteiger partial charge in [-0.25, -0.2) is 0 Å². The van der Waals surface area contributed by atoms with E-state index in [1.165, 1.54) is 41.5 Å². The Morgan fingerprint density at radius 3 is 0.115 bits per heavy atom. The molecule has 0 aliphatic heterocycles. The Balaban J connectivity index is -0.000000000741. The van der Waals surface area contributed by atoms with Crippen LogP contribution in [0.2, 0.25) is 0 Å². The SMILES string of the molecule is CCOC(C)=O.CCOC(C)=O.CCOC(C)=O.CCOC(C)=O.CCOC(C)=O.CCOC(C)=O.O.O.O.O.O.O.O.O.O.O.O.O.O.O.O.O.O.O.O.O.O.O.O.O.O.O.O.O.O.O.O.O.O.O.O.O.O.O.O.O.O.O.O.O.O.O.O.O.O.O.O.O.O.O.O.O.O.O.O.O.O.O.O.O.O.O.O.O.O.O.O.O.O.O.O.O.O.O.O.O.O.O.O.O.O.O.O.O.O.O.O.O.O.O. The monoisotopic (exact) mass is 2220 g/mol. The van der Waals surface area contributed by atoms with Gasteiger partial charge in [0.05, 0.1) is 39.6 Å². The van der Waals surface area contributed by atoms with Gasteiger partial charge < -0.3 is 543 Å². The van der Waals surface area contributed by atoms with Crippen LogP contribution in [0.15, 0.2) is 0 Å². The average molecular weight is 2220 g/mol. The molecular formula is C24H236O106. The van der Waals surface area contributed by atoms with Gasteiger partial charge in [0.15, 0.2) is 0 Å². The highest BCUT2D eigenvalue weighted by Crippen LogP contribution is 1.72. The minimum atomic E-state index is -0.211. The summed E-state index contributed by atoms with van der Waals surface area (Å²) in [7, 11) is 0. The van der Waals surface area contributed by atoms with Crippen molar-refractivity contribution >= 4 is 35.8 Å². The summed E-state index contributed by atoms with van der Waals surface area (Å²) in [5.41, 5.74) is 0. The molecule has 0 heterocycles. The molecule has 0 atom stereocenters. The topological polar surface area (TPSA) is 3120 Å². The van der Waals surface area contributed by atoms with Gasteiger partial charge in [-0.1, -0.05) is 0 Å². The quantitative estimate of drug-likeness (QED) is 0.177. The zero-order valence-corrected chi connectivity index (χ0v) is 71.1. The van der Waals surface area contributed by atoms with Crippen molar-refractivity contribution in [1.82, 2.24) is 0 Å². The van der Waals surface area contributed by atoms with E-state index in [1.807, 2.05) is 0 Å². The summed E-state index contributed by atoms with van der Waals surface area (Å²) in [5.74, 6) is -1.26. The molecule has 0 radical (unpaired) electrons. The highest BCUT2D eigenvalue weighted by atomic mass is 16.6. The van der Waals surface area contributed by atoms with Gasteiger partial charge in [0.1, 0.15) is 0 Å². The van der Waals surface area contributed by atoms with Crippen LogP contribution >= 0.6 is 0 Å². The third-order valence-corrected chi connectivity index (χ3v) is 2.09. The van der Waals surface area contributed by atoms with E-state index in [1.54, 1.807) is 41.5 Å². The Bertz CT molecular complexity index is 478. The van der Waals surface area contributed by atoms with Gasteiger partial charge in [-0.3, -0.25) is 28.8 Å². The summed E-state index contributed by atoms with van der Waals surface area (Å²) < 4.78 is 26.4. The second-order valence-corrected chi connectivity index (χ2v) is 5.55. The van der Waals surface area contributed by atoms with Crippen molar-refractivity contribution in [2.75, 3.05) is 39.6 Å². The lowest BCUT2D eigenvalue weighted by molar-refractivity contribution is -0.141. The molecule has 0 rings (SSSR count). The predicted octanol–water partition coefficient (Wildman–Crippen LogP) is -74.1. The Morgan fingerprint density at radius 2 is 0.115 bits per heavy atom. The van der Waals surface area contributed by atoms with Gasteiger partial charge in [0, 0.05) is 41.5 Å². The van der Waals surface area contributed by atoms with Crippen molar-refractivity contribution in [3.63, 3.8) is 0 Å². The second-order valence-electron chi connectivity index (χ2n) is 5.55. The number of hydrogen-bond donors (Lipinski definition) is 0. The number of carbonyl (C=O) groups excluding carboxylic acids is 6. The molecule has 0 amide bonds. The largest absolute Gasteiger partial charge is 0.466 e. The standard InChI is InChI=1S/6C4H8O2.94H2O/c6*1-3-6-4(2)5;;;;;;;;;;;;;;;;;;;;;;;;;;;;;;;;;;;;;;;;;;;;;;;;;;;;;;;;;;;;;;;;;;;;;;;;;;;;;;;;;;;;;;;;;;;;;;/h6*3H2,1-2H3;94*1H2. The molecule has 0 bridgehead atoms. The smallest absolute Gasteiger partial charge is 0.302 e. The number of ether oxygens (including phenoxy) is 6. The number of rotatable bonds is 6. The average Bonchev–Trinajstić information content (AvgIpc) is 2.69. The summed E-state index contributed by atoms with van der Waals surface area (Å²) in [6.07, 6.45) is 0. The number of esters is 6. The van der Waals surface area contributed by atoms with E-state index in [4.69, 9.17) is 0 Å². The highest BCUT2D eigenvalue weighted by molar-refractivity contribution is 5.67. The summed E-state index contributed by atoms with van der Waals surface area (Å²) in [6, 6.07) is 0. The molecule has 0 aliphatic carbocycles. The molecule has 0 aliphatic rings. The molecule has 0 unspecified atom stereocenters. The van der Waals surface area contributed by atoms with Crippen LogP contribution in [0.5, 0.6) is 0 Å². The molecule has 0 aromatic carbocycles. The van der Waals surface area contributed by atoms with E-state index in [9.17, 15) is 28.8 Å². The fraction of sp³-hybridized carbons (Fsp3) is 0.750. The maximum atomic E-state index is 9.82. The van der Waals surface area contributed by atoms with E-state index < -0.39 is 0 Å². The molecule has 0 fully saturated rings. The van der Waals surface area contributed by atoms with E-state index >= 15 is 0 Å². The van der Waals surface area contributed by atoms with Gasteiger partial charge in [0.2, 0.25) is 0 Å². The minimum Gasteiger partial charge on any atom is -0.466 e. The Hall–Kier alpha value is -6.94. The number of hydrogen-bond acceptors (Lipinski definition) is 12. The Labute approximate surface area is 731 Å². The molecule has 188 N–H and O–H groups in total. The molecule has 106 nitrogen and oxygen atoms in total. The van der Waals surface area contributed by atoms with Crippen LogP contribution in [0.1, 0.15) is 83.1 Å². The van der Waals surface area contributed by atoms with E-state index in [0.29, 0.717) is 39.6 Å². The first-order valence-electron chi connectivity index (χ1n) is 11.4. The normalized spacial score (nSPS) is 2.12. The third kappa shape index (κ3) is 14300. The van der Waals surface area contributed by atoms with Crippen LogP contribution in [0.25, 0.3) is 0 Å². The van der Waals surface area contributed by atoms with Crippen molar-refractivity contribution in [3.8, 4) is 0 Å². The lowest BCUT2D eigenvalue weighted by Gasteiger charge is -1.89. The molecule has 0 spiro atoms. The van der Waals surface area contributed by atoms with Crippen LogP contribution < -0.4 is 0 Å². The first kappa shape index (κ1) is 3450. The molecule has 130 heavy (non-hydrogen) atoms. The molecule has 106 heteroatoms. The van der Waals surface area contributed by atoms with E-state index in [2.05, 4.69) is 28.4 Å². The fourth-order valence-electron chi connectivity index (χ4n) is 1.22. The first-order valence-corrected chi connectivity index (χ1v) is 11.4. The van der Waals surface area contributed by atoms with Crippen molar-refractivity contribution in [3.05, 3.63) is 0 Å². The Morgan fingerprint density at radius 1 is 0.0923 bits per heavy atom. The predicted molar refractivity (Wildman–Crippen MR) is 474 cm³/mol. The van der Waals surface area contributed by atoms with Crippen LogP contribution in [-0.2, 0) is 57.2 Å². The van der Waals surface area contributed by atoms with Crippen molar-refractivity contribution in [2.24, 2.45) is 0 Å². The van der Waals surface area contributed by atoms with Crippen LogP contribution in [0, 0.1) is 0 Å². The zero-order valence-electron chi connectivity index (χ0n) is 71.1. The third-order valence-electron chi connectivity index (χ3n) is 2.09. The molecule has 0 aromatic heterocycles. The lowest BCUT2D eigenvalue weighted by atomic mass is 10.8. The summed E-state index contributed by atoms with van der Waals surface area (Å²) in [6.45, 7) is 21.9. The molecular weight excluding hydrogens is 1980 g/mol. The van der Waals surface area contributed by atoms with E-state index in [0.717, 1.165) is 0 Å². The Kier molecular flexibility index (Phi) is 89200. The molecule has 968 valence electrons. The minimum absolute atomic E-state index is 0. The maximum absolute atomic E-state index is 9.82. The maximum Gasteiger partial charge on any atom is 0.302 e. The van der Waals surface area contributed by atoms with E-state index in [-0.39, 0.29) is 551 Å². The van der Waals surface area contributed by atoms with Gasteiger partial charge in [0.25, 0.3) is 0 Å². The molecule has 0 saturated heterocycles. The number of carbonyl (C=O) groups is 6. The highest BCUT2D eigenvalue weighted by Gasteiger charge is 1.84. The van der Waals surface area contributed by atoms with Crippen molar-refractivity contribution in [2.45, 2.75) is 83.1 Å². The molecule has 0 aromatic rings.